The Morgan fingerprint density at radius 3 is 2.34 bits per heavy atom. The van der Waals surface area contributed by atoms with E-state index < -0.39 is 23.8 Å². The molecule has 1 saturated heterocycles. The van der Waals surface area contributed by atoms with Gasteiger partial charge in [-0.1, -0.05) is 30.0 Å². The topological polar surface area (TPSA) is 124 Å². The molecule has 4 rings (SSSR count). The average molecular weight is 556 g/mol. The van der Waals surface area contributed by atoms with Crippen molar-refractivity contribution in [2.24, 2.45) is 0 Å². The number of aromatic nitrogens is 1. The second kappa shape index (κ2) is 14.7. The number of hydroxylamine groups is 1. The van der Waals surface area contributed by atoms with Crippen LogP contribution in [0, 0.1) is 11.8 Å². The van der Waals surface area contributed by atoms with Crippen LogP contribution in [0.5, 0.6) is 0 Å². The number of hydrogen-bond donors (Lipinski definition) is 3. The summed E-state index contributed by atoms with van der Waals surface area (Å²) in [5.41, 5.74) is 5.11. The van der Waals surface area contributed by atoms with Crippen molar-refractivity contribution < 1.29 is 24.3 Å². The van der Waals surface area contributed by atoms with Gasteiger partial charge in [-0.15, -0.1) is 0 Å². The van der Waals surface area contributed by atoms with Crippen LogP contribution in [0.25, 0.3) is 0 Å². The van der Waals surface area contributed by atoms with E-state index in [1.807, 2.05) is 12.1 Å². The molecular formula is C31H33N5O5. The SMILES string of the molecule is CN(C(=O)c1ccc(C#Cc2ccc(CN3CCCOCC3)cc2)cc1)C(C(=O)NO)C(=O)NCc1ccccn1. The zero-order valence-electron chi connectivity index (χ0n) is 22.9. The molecule has 1 atom stereocenters. The molecule has 1 aliphatic rings. The Bertz CT molecular complexity index is 1380. The van der Waals surface area contributed by atoms with E-state index in [0.29, 0.717) is 11.3 Å². The van der Waals surface area contributed by atoms with Crippen molar-refractivity contribution in [2.45, 2.75) is 25.6 Å². The Balaban J connectivity index is 1.36. The molecule has 10 nitrogen and oxygen atoms in total. The Hall–Kier alpha value is -4.56. The van der Waals surface area contributed by atoms with E-state index in [-0.39, 0.29) is 12.1 Å². The minimum absolute atomic E-state index is 0.0564. The lowest BCUT2D eigenvalue weighted by molar-refractivity contribution is -0.141. The first kappa shape index (κ1) is 29.4. The standard InChI is InChI=1S/C31H33N5O5/c1-35(28(30(38)34-40)29(37)33-21-27-5-2-3-16-32-27)31(39)26-14-12-24(13-15-26)7-6-23-8-10-25(11-9-23)22-36-17-4-19-41-20-18-36/h2-3,5,8-16,28,40H,4,17-22H2,1H3,(H,33,37)(H,34,38). The van der Waals surface area contributed by atoms with Gasteiger partial charge in [0.15, 0.2) is 6.04 Å². The summed E-state index contributed by atoms with van der Waals surface area (Å²) in [5, 5.41) is 11.8. The van der Waals surface area contributed by atoms with E-state index in [1.54, 1.807) is 48.7 Å². The van der Waals surface area contributed by atoms with Crippen molar-refractivity contribution in [3.8, 4) is 11.8 Å². The van der Waals surface area contributed by atoms with Crippen molar-refractivity contribution in [2.75, 3.05) is 33.4 Å². The molecule has 0 spiro atoms. The molecule has 41 heavy (non-hydrogen) atoms. The van der Waals surface area contributed by atoms with Gasteiger partial charge < -0.3 is 15.0 Å². The van der Waals surface area contributed by atoms with Gasteiger partial charge >= 0.3 is 0 Å². The molecule has 1 fully saturated rings. The van der Waals surface area contributed by atoms with Gasteiger partial charge in [0.25, 0.3) is 17.7 Å². The summed E-state index contributed by atoms with van der Waals surface area (Å²) in [5.74, 6) is 3.87. The van der Waals surface area contributed by atoms with Gasteiger partial charge in [-0.3, -0.25) is 29.5 Å². The Kier molecular flexibility index (Phi) is 10.6. The van der Waals surface area contributed by atoms with E-state index in [2.05, 4.69) is 39.2 Å². The van der Waals surface area contributed by atoms with Crippen LogP contribution in [0.2, 0.25) is 0 Å². The highest BCUT2D eigenvalue weighted by atomic mass is 16.5. The smallest absolute Gasteiger partial charge is 0.275 e. The third-order valence-electron chi connectivity index (χ3n) is 6.64. The van der Waals surface area contributed by atoms with E-state index in [9.17, 15) is 19.6 Å². The summed E-state index contributed by atoms with van der Waals surface area (Å²) in [4.78, 5) is 45.6. The van der Waals surface area contributed by atoms with Crippen LogP contribution >= 0.6 is 0 Å². The first-order valence-electron chi connectivity index (χ1n) is 13.3. The molecule has 3 amide bonds. The monoisotopic (exact) mass is 555 g/mol. The van der Waals surface area contributed by atoms with Crippen molar-refractivity contribution in [3.05, 3.63) is 101 Å². The largest absolute Gasteiger partial charge is 0.380 e. The number of benzene rings is 2. The van der Waals surface area contributed by atoms with Crippen LogP contribution in [-0.4, -0.2) is 77.1 Å². The van der Waals surface area contributed by atoms with E-state index >= 15 is 0 Å². The number of nitrogens with one attached hydrogen (secondary N) is 2. The maximum absolute atomic E-state index is 13.1. The zero-order valence-corrected chi connectivity index (χ0v) is 22.9. The molecule has 10 heteroatoms. The molecule has 212 valence electrons. The summed E-state index contributed by atoms with van der Waals surface area (Å²) >= 11 is 0. The van der Waals surface area contributed by atoms with Gasteiger partial charge in [-0.05, 0) is 60.5 Å². The second-order valence-corrected chi connectivity index (χ2v) is 9.60. The summed E-state index contributed by atoms with van der Waals surface area (Å²) in [6, 6.07) is 18.3. The molecule has 1 unspecified atom stereocenters. The van der Waals surface area contributed by atoms with Crippen molar-refractivity contribution in [1.82, 2.24) is 25.6 Å². The third-order valence-corrected chi connectivity index (χ3v) is 6.64. The number of pyridine rings is 1. The van der Waals surface area contributed by atoms with Crippen molar-refractivity contribution >= 4 is 17.7 Å². The van der Waals surface area contributed by atoms with Crippen molar-refractivity contribution in [1.29, 1.82) is 0 Å². The molecule has 3 N–H and O–H groups in total. The highest BCUT2D eigenvalue weighted by molar-refractivity contribution is 6.08. The molecule has 1 aliphatic heterocycles. The number of hydrogen-bond acceptors (Lipinski definition) is 7. The third kappa shape index (κ3) is 8.46. The maximum Gasteiger partial charge on any atom is 0.275 e. The van der Waals surface area contributed by atoms with Gasteiger partial charge in [-0.2, -0.15) is 0 Å². The summed E-state index contributed by atoms with van der Waals surface area (Å²) in [6.45, 7) is 4.50. The number of carbonyl (C=O) groups is 3. The number of carbonyl (C=O) groups excluding carboxylic acids is 3. The van der Waals surface area contributed by atoms with E-state index in [1.165, 1.54) is 18.1 Å². The molecule has 0 radical (unpaired) electrons. The highest BCUT2D eigenvalue weighted by Crippen LogP contribution is 2.12. The second-order valence-electron chi connectivity index (χ2n) is 9.60. The van der Waals surface area contributed by atoms with Gasteiger partial charge in [0.2, 0.25) is 0 Å². The van der Waals surface area contributed by atoms with Crippen LogP contribution in [-0.2, 0) is 27.4 Å². The Labute approximate surface area is 239 Å². The molecule has 0 saturated carbocycles. The number of likely N-dealkylation sites (N-methyl/N-ethyl adjacent to an activating group) is 1. The fourth-order valence-corrected chi connectivity index (χ4v) is 4.38. The number of nitrogens with zero attached hydrogens (tertiary/aromatic N) is 3. The molecule has 0 bridgehead atoms. The first-order chi connectivity index (χ1) is 19.9. The van der Waals surface area contributed by atoms with Crippen LogP contribution in [0.3, 0.4) is 0 Å². The average Bonchev–Trinajstić information content (AvgIpc) is 3.28. The zero-order chi connectivity index (χ0) is 29.0. The lowest BCUT2D eigenvalue weighted by atomic mass is 10.1. The molecule has 3 aromatic rings. The van der Waals surface area contributed by atoms with Gasteiger partial charge in [0, 0.05) is 56.2 Å². The Morgan fingerprint density at radius 1 is 0.976 bits per heavy atom. The molecular weight excluding hydrogens is 522 g/mol. The predicted molar refractivity (Wildman–Crippen MR) is 151 cm³/mol. The van der Waals surface area contributed by atoms with Gasteiger partial charge in [-0.25, -0.2) is 5.48 Å². The lowest BCUT2D eigenvalue weighted by Crippen LogP contribution is -2.55. The quantitative estimate of drug-likeness (QED) is 0.168. The molecule has 2 aromatic carbocycles. The predicted octanol–water partition coefficient (Wildman–Crippen LogP) is 1.97. The normalized spacial score (nSPS) is 14.1. The number of amides is 3. The molecule has 0 aliphatic carbocycles. The number of ether oxygens (including phenoxy) is 1. The maximum atomic E-state index is 13.1. The fourth-order valence-electron chi connectivity index (χ4n) is 4.38. The van der Waals surface area contributed by atoms with E-state index in [0.717, 1.165) is 49.7 Å². The van der Waals surface area contributed by atoms with Crippen LogP contribution < -0.4 is 10.8 Å². The lowest BCUT2D eigenvalue weighted by Gasteiger charge is -2.25. The summed E-state index contributed by atoms with van der Waals surface area (Å²) in [7, 11) is 1.32. The van der Waals surface area contributed by atoms with Gasteiger partial charge in [0.05, 0.1) is 18.8 Å². The van der Waals surface area contributed by atoms with E-state index in [4.69, 9.17) is 4.74 Å². The fraction of sp³-hybridized carbons (Fsp3) is 0.290. The van der Waals surface area contributed by atoms with Crippen LogP contribution in [0.4, 0.5) is 0 Å². The molecule has 1 aromatic heterocycles. The summed E-state index contributed by atoms with van der Waals surface area (Å²) < 4.78 is 5.52. The highest BCUT2D eigenvalue weighted by Gasteiger charge is 2.34. The van der Waals surface area contributed by atoms with Crippen molar-refractivity contribution in [3.63, 3.8) is 0 Å². The Morgan fingerprint density at radius 2 is 1.68 bits per heavy atom. The van der Waals surface area contributed by atoms with Crippen LogP contribution in [0.15, 0.2) is 72.9 Å². The minimum atomic E-state index is -1.59. The van der Waals surface area contributed by atoms with Gasteiger partial charge in [0.1, 0.15) is 0 Å². The first-order valence-corrected chi connectivity index (χ1v) is 13.3. The minimum Gasteiger partial charge on any atom is -0.380 e. The number of rotatable bonds is 8. The summed E-state index contributed by atoms with van der Waals surface area (Å²) in [6.07, 6.45) is 2.62. The molecule has 2 heterocycles. The van der Waals surface area contributed by atoms with Crippen LogP contribution in [0.1, 0.15) is 39.2 Å².